The van der Waals surface area contributed by atoms with E-state index in [0.717, 1.165) is 11.9 Å². The van der Waals surface area contributed by atoms with Gasteiger partial charge in [0.25, 0.3) is 0 Å². The van der Waals surface area contributed by atoms with E-state index in [0.29, 0.717) is 21.1 Å². The van der Waals surface area contributed by atoms with Crippen LogP contribution in [-0.2, 0) is 14.8 Å². The Morgan fingerprint density at radius 1 is 1.29 bits per heavy atom. The fourth-order valence-corrected chi connectivity index (χ4v) is 3.88. The van der Waals surface area contributed by atoms with Gasteiger partial charge in [0.15, 0.2) is 0 Å². The van der Waals surface area contributed by atoms with E-state index >= 15 is 0 Å². The Hall–Kier alpha value is -0.341. The Balaban J connectivity index is 1.71. The summed E-state index contributed by atoms with van der Waals surface area (Å²) in [6.07, 6.45) is 0.301. The number of benzene rings is 1. The molecule has 94 valence electrons. The monoisotopic (exact) mass is 300 g/mol. The molecule has 0 bridgehead atoms. The standard InChI is InChI=1S/C14H20O2Se/c1-11-4-6-12(7-5-11)9-17-10-13-8-15-14(2,3)16-13/h4-7,13H,8-10H2,1-3H3. The van der Waals surface area contributed by atoms with E-state index in [1.165, 1.54) is 16.4 Å². The average molecular weight is 299 g/mol. The van der Waals surface area contributed by atoms with Crippen LogP contribution in [0.2, 0.25) is 5.32 Å². The number of hydrogen-bond donors (Lipinski definition) is 0. The molecule has 17 heavy (non-hydrogen) atoms. The first-order valence-corrected chi connectivity index (χ1v) is 8.42. The summed E-state index contributed by atoms with van der Waals surface area (Å²) in [6.45, 7) is 6.85. The van der Waals surface area contributed by atoms with Gasteiger partial charge in [-0.3, -0.25) is 0 Å². The van der Waals surface area contributed by atoms with E-state index in [1.807, 2.05) is 13.8 Å². The molecule has 1 aliphatic heterocycles. The normalized spacial score (nSPS) is 22.9. The minimum absolute atomic E-state index is 0.301. The van der Waals surface area contributed by atoms with Gasteiger partial charge in [0.1, 0.15) is 0 Å². The summed E-state index contributed by atoms with van der Waals surface area (Å²) in [7, 11) is 0. The average Bonchev–Trinajstić information content (AvgIpc) is 2.61. The molecule has 0 radical (unpaired) electrons. The second kappa shape index (κ2) is 5.53. The van der Waals surface area contributed by atoms with Gasteiger partial charge in [0, 0.05) is 0 Å². The molecule has 1 unspecified atom stereocenters. The second-order valence-corrected chi connectivity index (χ2v) is 7.11. The van der Waals surface area contributed by atoms with Gasteiger partial charge in [-0.1, -0.05) is 0 Å². The van der Waals surface area contributed by atoms with Crippen molar-refractivity contribution in [3.05, 3.63) is 35.4 Å². The first-order chi connectivity index (χ1) is 8.05. The molecular weight excluding hydrogens is 279 g/mol. The molecule has 0 aromatic heterocycles. The van der Waals surface area contributed by atoms with Gasteiger partial charge in [-0.2, -0.15) is 0 Å². The fourth-order valence-electron chi connectivity index (χ4n) is 1.84. The van der Waals surface area contributed by atoms with Crippen molar-refractivity contribution >= 4 is 15.0 Å². The maximum absolute atomic E-state index is 5.80. The van der Waals surface area contributed by atoms with Crippen molar-refractivity contribution in [2.45, 2.75) is 43.3 Å². The summed E-state index contributed by atoms with van der Waals surface area (Å²) in [6, 6.07) is 8.83. The third-order valence-electron chi connectivity index (χ3n) is 2.76. The third-order valence-corrected chi connectivity index (χ3v) is 5.16. The second-order valence-electron chi connectivity index (χ2n) is 4.95. The molecule has 0 amide bonds. The van der Waals surface area contributed by atoms with E-state index in [1.54, 1.807) is 0 Å². The number of ether oxygens (including phenoxy) is 2. The molecule has 0 aliphatic carbocycles. The molecule has 1 aromatic rings. The number of hydrogen-bond acceptors (Lipinski definition) is 2. The molecule has 2 nitrogen and oxygen atoms in total. The van der Waals surface area contributed by atoms with Gasteiger partial charge < -0.3 is 0 Å². The van der Waals surface area contributed by atoms with Gasteiger partial charge in [0.2, 0.25) is 0 Å². The van der Waals surface area contributed by atoms with Crippen molar-refractivity contribution < 1.29 is 9.47 Å². The van der Waals surface area contributed by atoms with Crippen LogP contribution in [0.3, 0.4) is 0 Å². The van der Waals surface area contributed by atoms with Crippen LogP contribution in [-0.4, -0.2) is 33.5 Å². The Morgan fingerprint density at radius 2 is 2.00 bits per heavy atom. The van der Waals surface area contributed by atoms with E-state index in [9.17, 15) is 0 Å². The Bertz CT molecular complexity index is 359. The molecular formula is C14H20O2Se. The molecule has 0 N–H and O–H groups in total. The van der Waals surface area contributed by atoms with E-state index < -0.39 is 0 Å². The number of aryl methyl sites for hydroxylation is 1. The van der Waals surface area contributed by atoms with Crippen LogP contribution in [0.25, 0.3) is 0 Å². The van der Waals surface area contributed by atoms with Gasteiger partial charge >= 0.3 is 110 Å². The predicted octanol–water partition coefficient (Wildman–Crippen LogP) is 2.77. The van der Waals surface area contributed by atoms with Crippen molar-refractivity contribution in [3.63, 3.8) is 0 Å². The van der Waals surface area contributed by atoms with Crippen molar-refractivity contribution in [2.75, 3.05) is 6.61 Å². The van der Waals surface area contributed by atoms with E-state index in [4.69, 9.17) is 9.47 Å². The third kappa shape index (κ3) is 4.11. The van der Waals surface area contributed by atoms with Gasteiger partial charge in [0.05, 0.1) is 0 Å². The van der Waals surface area contributed by atoms with Crippen LogP contribution >= 0.6 is 0 Å². The molecule has 1 saturated heterocycles. The molecule has 3 heteroatoms. The SMILES string of the molecule is Cc1ccc(C[Se]CC2COC(C)(C)O2)cc1. The Labute approximate surface area is 110 Å². The first kappa shape index (κ1) is 13.1. The molecule has 0 saturated carbocycles. The van der Waals surface area contributed by atoms with Crippen molar-refractivity contribution in [2.24, 2.45) is 0 Å². The van der Waals surface area contributed by atoms with Crippen molar-refractivity contribution in [1.82, 2.24) is 0 Å². The predicted molar refractivity (Wildman–Crippen MR) is 70.3 cm³/mol. The molecule has 0 spiro atoms. The van der Waals surface area contributed by atoms with Crippen LogP contribution in [0, 0.1) is 6.92 Å². The minimum atomic E-state index is -0.370. The van der Waals surface area contributed by atoms with Crippen LogP contribution in [0.15, 0.2) is 24.3 Å². The molecule has 1 heterocycles. The van der Waals surface area contributed by atoms with Crippen molar-refractivity contribution in [3.8, 4) is 0 Å². The fraction of sp³-hybridized carbons (Fsp3) is 0.571. The summed E-state index contributed by atoms with van der Waals surface area (Å²) >= 11 is 0.601. The number of rotatable bonds is 4. The van der Waals surface area contributed by atoms with Gasteiger partial charge in [-0.05, 0) is 0 Å². The van der Waals surface area contributed by atoms with Gasteiger partial charge in [-0.15, -0.1) is 0 Å². The molecule has 1 fully saturated rings. The zero-order valence-electron chi connectivity index (χ0n) is 10.7. The zero-order chi connectivity index (χ0) is 12.3. The van der Waals surface area contributed by atoms with Gasteiger partial charge in [-0.25, -0.2) is 0 Å². The van der Waals surface area contributed by atoms with Crippen LogP contribution < -0.4 is 0 Å². The quantitative estimate of drug-likeness (QED) is 0.796. The Kier molecular flexibility index (Phi) is 4.26. The van der Waals surface area contributed by atoms with Crippen LogP contribution in [0.5, 0.6) is 0 Å². The van der Waals surface area contributed by atoms with Crippen LogP contribution in [0.4, 0.5) is 0 Å². The molecule has 1 aromatic carbocycles. The van der Waals surface area contributed by atoms with Crippen LogP contribution in [0.1, 0.15) is 25.0 Å². The molecule has 1 atom stereocenters. The molecule has 1 aliphatic rings. The summed E-state index contributed by atoms with van der Waals surface area (Å²) in [5.74, 6) is -0.370. The topological polar surface area (TPSA) is 18.5 Å². The first-order valence-electron chi connectivity index (χ1n) is 6.00. The summed E-state index contributed by atoms with van der Waals surface area (Å²) in [5.41, 5.74) is 2.77. The van der Waals surface area contributed by atoms with Crippen molar-refractivity contribution in [1.29, 1.82) is 0 Å². The maximum atomic E-state index is 5.80. The van der Waals surface area contributed by atoms with E-state index in [-0.39, 0.29) is 5.79 Å². The summed E-state index contributed by atoms with van der Waals surface area (Å²) < 4.78 is 11.4. The van der Waals surface area contributed by atoms with E-state index in [2.05, 4.69) is 31.2 Å². The molecule has 2 rings (SSSR count). The zero-order valence-corrected chi connectivity index (χ0v) is 12.4. The summed E-state index contributed by atoms with van der Waals surface area (Å²) in [5, 5.41) is 2.33. The summed E-state index contributed by atoms with van der Waals surface area (Å²) in [4.78, 5) is 0. The Morgan fingerprint density at radius 3 is 2.59 bits per heavy atom.